The SMILES string of the molecule is CCCc1nc(CCN2CCOCC2)sc1CNC. The van der Waals surface area contributed by atoms with Crippen LogP contribution < -0.4 is 5.32 Å². The smallest absolute Gasteiger partial charge is 0.0944 e. The lowest BCUT2D eigenvalue weighted by molar-refractivity contribution is 0.0384. The molecule has 4 nitrogen and oxygen atoms in total. The van der Waals surface area contributed by atoms with Crippen LogP contribution in [0.4, 0.5) is 0 Å². The number of ether oxygens (including phenoxy) is 1. The third kappa shape index (κ3) is 4.53. The summed E-state index contributed by atoms with van der Waals surface area (Å²) >= 11 is 1.88. The summed E-state index contributed by atoms with van der Waals surface area (Å²) in [4.78, 5) is 8.72. The van der Waals surface area contributed by atoms with Crippen LogP contribution in [-0.2, 0) is 24.1 Å². The van der Waals surface area contributed by atoms with Gasteiger partial charge in [-0.25, -0.2) is 4.98 Å². The van der Waals surface area contributed by atoms with Gasteiger partial charge in [0.25, 0.3) is 0 Å². The molecule has 108 valence electrons. The van der Waals surface area contributed by atoms with Gasteiger partial charge in [-0.1, -0.05) is 13.3 Å². The van der Waals surface area contributed by atoms with Gasteiger partial charge >= 0.3 is 0 Å². The van der Waals surface area contributed by atoms with E-state index in [1.165, 1.54) is 22.0 Å². The van der Waals surface area contributed by atoms with Gasteiger partial charge in [0.1, 0.15) is 0 Å². The molecule has 2 rings (SSSR count). The highest BCUT2D eigenvalue weighted by atomic mass is 32.1. The van der Waals surface area contributed by atoms with Crippen molar-refractivity contribution in [1.29, 1.82) is 0 Å². The molecule has 0 bridgehead atoms. The van der Waals surface area contributed by atoms with Crippen molar-refractivity contribution >= 4 is 11.3 Å². The Balaban J connectivity index is 1.89. The summed E-state index contributed by atoms with van der Waals surface area (Å²) in [6, 6.07) is 0. The summed E-state index contributed by atoms with van der Waals surface area (Å²) in [5.74, 6) is 0. The van der Waals surface area contributed by atoms with Gasteiger partial charge in [-0.15, -0.1) is 11.3 Å². The van der Waals surface area contributed by atoms with Gasteiger partial charge in [-0.05, 0) is 13.5 Å². The monoisotopic (exact) mass is 283 g/mol. The van der Waals surface area contributed by atoms with E-state index in [-0.39, 0.29) is 0 Å². The summed E-state index contributed by atoms with van der Waals surface area (Å²) < 4.78 is 5.38. The quantitative estimate of drug-likeness (QED) is 0.826. The minimum Gasteiger partial charge on any atom is -0.379 e. The molecule has 1 aromatic heterocycles. The predicted molar refractivity (Wildman–Crippen MR) is 79.8 cm³/mol. The molecule has 1 aliphatic rings. The van der Waals surface area contributed by atoms with Crippen LogP contribution in [0.2, 0.25) is 0 Å². The van der Waals surface area contributed by atoms with Crippen LogP contribution in [0, 0.1) is 0 Å². The fraction of sp³-hybridized carbons (Fsp3) is 0.786. The van der Waals surface area contributed by atoms with Crippen molar-refractivity contribution < 1.29 is 4.74 Å². The third-order valence-electron chi connectivity index (χ3n) is 3.39. The molecule has 0 atom stereocenters. The second kappa shape index (κ2) is 7.94. The molecule has 1 aliphatic heterocycles. The van der Waals surface area contributed by atoms with Crippen LogP contribution in [0.3, 0.4) is 0 Å². The van der Waals surface area contributed by atoms with Crippen molar-refractivity contribution in [2.24, 2.45) is 0 Å². The summed E-state index contributed by atoms with van der Waals surface area (Å²) in [7, 11) is 2.00. The minimum atomic E-state index is 0.879. The lowest BCUT2D eigenvalue weighted by Gasteiger charge is -2.25. The van der Waals surface area contributed by atoms with Gasteiger partial charge < -0.3 is 10.1 Å². The molecule has 0 aliphatic carbocycles. The Morgan fingerprint density at radius 3 is 2.79 bits per heavy atom. The molecule has 1 aromatic rings. The summed E-state index contributed by atoms with van der Waals surface area (Å²) in [5.41, 5.74) is 1.30. The number of thiazole rings is 1. The fourth-order valence-electron chi connectivity index (χ4n) is 2.35. The van der Waals surface area contributed by atoms with Crippen molar-refractivity contribution in [1.82, 2.24) is 15.2 Å². The Bertz CT molecular complexity index is 351. The molecular weight excluding hydrogens is 258 g/mol. The standard InChI is InChI=1S/C14H25N3OS/c1-3-4-12-13(11-15-2)19-14(16-12)5-6-17-7-9-18-10-8-17/h15H,3-11H2,1-2H3. The molecule has 19 heavy (non-hydrogen) atoms. The first kappa shape index (κ1) is 14.9. The van der Waals surface area contributed by atoms with Gasteiger partial charge in [0.05, 0.1) is 23.9 Å². The molecule has 0 aromatic carbocycles. The van der Waals surface area contributed by atoms with Gasteiger partial charge in [0, 0.05) is 37.5 Å². The molecular formula is C14H25N3OS. The van der Waals surface area contributed by atoms with E-state index < -0.39 is 0 Å². The molecule has 1 saturated heterocycles. The summed E-state index contributed by atoms with van der Waals surface area (Å²) in [6.45, 7) is 8.17. The molecule has 0 unspecified atom stereocenters. The normalized spacial score (nSPS) is 16.9. The molecule has 1 fully saturated rings. The van der Waals surface area contributed by atoms with Crippen molar-refractivity contribution in [2.45, 2.75) is 32.7 Å². The number of nitrogens with zero attached hydrogens (tertiary/aromatic N) is 2. The van der Waals surface area contributed by atoms with Crippen LogP contribution in [0.1, 0.15) is 28.9 Å². The Labute approximate surface area is 120 Å². The molecule has 0 amide bonds. The largest absolute Gasteiger partial charge is 0.379 e. The Hall–Kier alpha value is -0.490. The number of morpholine rings is 1. The second-order valence-corrected chi connectivity index (χ2v) is 6.13. The van der Waals surface area contributed by atoms with Crippen LogP contribution in [0.15, 0.2) is 0 Å². The van der Waals surface area contributed by atoms with Gasteiger partial charge in [0.15, 0.2) is 0 Å². The van der Waals surface area contributed by atoms with E-state index in [1.807, 2.05) is 18.4 Å². The zero-order chi connectivity index (χ0) is 13.5. The van der Waals surface area contributed by atoms with E-state index in [0.29, 0.717) is 0 Å². The van der Waals surface area contributed by atoms with Gasteiger partial charge in [-0.3, -0.25) is 4.90 Å². The maximum atomic E-state index is 5.38. The van der Waals surface area contributed by atoms with Crippen molar-refractivity contribution in [3.63, 3.8) is 0 Å². The van der Waals surface area contributed by atoms with Gasteiger partial charge in [-0.2, -0.15) is 0 Å². The molecule has 0 radical (unpaired) electrons. The number of aromatic nitrogens is 1. The Morgan fingerprint density at radius 2 is 2.11 bits per heavy atom. The van der Waals surface area contributed by atoms with E-state index in [0.717, 1.165) is 52.2 Å². The van der Waals surface area contributed by atoms with Crippen molar-refractivity contribution in [2.75, 3.05) is 39.9 Å². The predicted octanol–water partition coefficient (Wildman–Crippen LogP) is 1.69. The van der Waals surface area contributed by atoms with Crippen LogP contribution >= 0.6 is 11.3 Å². The summed E-state index contributed by atoms with van der Waals surface area (Å²) in [5, 5.41) is 4.54. The highest BCUT2D eigenvalue weighted by molar-refractivity contribution is 7.11. The zero-order valence-corrected chi connectivity index (χ0v) is 12.9. The Kier molecular flexibility index (Phi) is 6.23. The molecule has 0 saturated carbocycles. The van der Waals surface area contributed by atoms with Crippen molar-refractivity contribution in [3.05, 3.63) is 15.6 Å². The van der Waals surface area contributed by atoms with Gasteiger partial charge in [0.2, 0.25) is 0 Å². The Morgan fingerprint density at radius 1 is 1.32 bits per heavy atom. The van der Waals surface area contributed by atoms with E-state index >= 15 is 0 Å². The summed E-state index contributed by atoms with van der Waals surface area (Å²) in [6.07, 6.45) is 3.35. The van der Waals surface area contributed by atoms with Crippen LogP contribution in [0.5, 0.6) is 0 Å². The minimum absolute atomic E-state index is 0.879. The fourth-order valence-corrected chi connectivity index (χ4v) is 3.47. The maximum Gasteiger partial charge on any atom is 0.0944 e. The third-order valence-corrected chi connectivity index (χ3v) is 4.55. The number of hydrogen-bond acceptors (Lipinski definition) is 5. The zero-order valence-electron chi connectivity index (χ0n) is 12.1. The lowest BCUT2D eigenvalue weighted by Crippen LogP contribution is -2.37. The van der Waals surface area contributed by atoms with E-state index in [1.54, 1.807) is 0 Å². The first-order valence-electron chi connectivity index (χ1n) is 7.25. The van der Waals surface area contributed by atoms with E-state index in [2.05, 4.69) is 17.1 Å². The topological polar surface area (TPSA) is 37.4 Å². The van der Waals surface area contributed by atoms with Crippen LogP contribution in [-0.4, -0.2) is 49.8 Å². The highest BCUT2D eigenvalue weighted by Crippen LogP contribution is 2.20. The lowest BCUT2D eigenvalue weighted by atomic mass is 10.2. The number of rotatable bonds is 7. The second-order valence-electron chi connectivity index (χ2n) is 4.96. The number of hydrogen-bond donors (Lipinski definition) is 1. The first-order valence-corrected chi connectivity index (χ1v) is 8.07. The maximum absolute atomic E-state index is 5.38. The molecule has 1 N–H and O–H groups in total. The van der Waals surface area contributed by atoms with E-state index in [9.17, 15) is 0 Å². The van der Waals surface area contributed by atoms with Crippen molar-refractivity contribution in [3.8, 4) is 0 Å². The molecule has 0 spiro atoms. The number of aryl methyl sites for hydroxylation is 1. The molecule has 5 heteroatoms. The molecule has 2 heterocycles. The average molecular weight is 283 g/mol. The average Bonchev–Trinajstić information content (AvgIpc) is 2.81. The number of nitrogens with one attached hydrogen (secondary N) is 1. The van der Waals surface area contributed by atoms with E-state index in [4.69, 9.17) is 9.72 Å². The first-order chi connectivity index (χ1) is 9.33. The highest BCUT2D eigenvalue weighted by Gasteiger charge is 2.13. The van der Waals surface area contributed by atoms with Crippen LogP contribution in [0.25, 0.3) is 0 Å².